The summed E-state index contributed by atoms with van der Waals surface area (Å²) in [5, 5.41) is 12.5. The molecule has 19 heavy (non-hydrogen) atoms. The molecule has 5 heteroatoms. The fourth-order valence-electron chi connectivity index (χ4n) is 2.28. The Balaban J connectivity index is 1.99. The Kier molecular flexibility index (Phi) is 4.39. The smallest absolute Gasteiger partial charge is 0.131 e. The zero-order valence-electron chi connectivity index (χ0n) is 11.3. The fraction of sp³-hybridized carbons (Fsp3) is 0.571. The van der Waals surface area contributed by atoms with Gasteiger partial charge in [-0.1, -0.05) is 6.07 Å². The quantitative estimate of drug-likeness (QED) is 0.858. The van der Waals surface area contributed by atoms with Gasteiger partial charge in [0.2, 0.25) is 0 Å². The van der Waals surface area contributed by atoms with Gasteiger partial charge >= 0.3 is 0 Å². The summed E-state index contributed by atoms with van der Waals surface area (Å²) in [6.45, 7) is 3.73. The second-order valence-electron chi connectivity index (χ2n) is 5.00. The van der Waals surface area contributed by atoms with Crippen molar-refractivity contribution in [2.75, 3.05) is 26.9 Å². The summed E-state index contributed by atoms with van der Waals surface area (Å²) in [5.74, 6) is -0.472. The molecule has 1 fully saturated rings. The number of benzene rings is 1. The van der Waals surface area contributed by atoms with Crippen molar-refractivity contribution in [1.29, 1.82) is 0 Å². The van der Waals surface area contributed by atoms with Crippen LogP contribution >= 0.6 is 0 Å². The number of hydrogen-bond acceptors (Lipinski definition) is 4. The molecule has 0 spiro atoms. The Hall–Kier alpha value is -1.17. The summed E-state index contributed by atoms with van der Waals surface area (Å²) in [5.41, 5.74) is 0.213. The van der Waals surface area contributed by atoms with Crippen molar-refractivity contribution < 1.29 is 19.0 Å². The molecule has 0 aliphatic carbocycles. The fourth-order valence-corrected chi connectivity index (χ4v) is 2.28. The molecule has 1 aromatic carbocycles. The van der Waals surface area contributed by atoms with Crippen LogP contribution in [0.2, 0.25) is 0 Å². The van der Waals surface area contributed by atoms with Crippen molar-refractivity contribution in [3.8, 4) is 5.75 Å². The summed E-state index contributed by atoms with van der Waals surface area (Å²) in [6.07, 6.45) is 0.835. The molecule has 2 N–H and O–H groups in total. The standard InChI is InChI=1S/C14H20FNO3/c1-10(12-4-3-11(17)7-13(12)15)16-8-14(18-2)5-6-19-9-14/h3-4,7,10,16-17H,5-6,8-9H2,1-2H3. The van der Waals surface area contributed by atoms with E-state index in [0.717, 1.165) is 12.5 Å². The van der Waals surface area contributed by atoms with Gasteiger partial charge in [-0.2, -0.15) is 0 Å². The van der Waals surface area contributed by atoms with Crippen LogP contribution in [0.15, 0.2) is 18.2 Å². The first-order valence-electron chi connectivity index (χ1n) is 6.41. The Morgan fingerprint density at radius 3 is 2.95 bits per heavy atom. The van der Waals surface area contributed by atoms with Crippen molar-refractivity contribution in [2.24, 2.45) is 0 Å². The van der Waals surface area contributed by atoms with E-state index in [4.69, 9.17) is 9.47 Å². The topological polar surface area (TPSA) is 50.7 Å². The van der Waals surface area contributed by atoms with Gasteiger partial charge in [0, 0.05) is 44.4 Å². The number of rotatable bonds is 5. The van der Waals surface area contributed by atoms with E-state index >= 15 is 0 Å². The van der Waals surface area contributed by atoms with Gasteiger partial charge in [-0.05, 0) is 13.0 Å². The zero-order chi connectivity index (χ0) is 13.9. The highest BCUT2D eigenvalue weighted by Crippen LogP contribution is 2.25. The third-order valence-electron chi connectivity index (χ3n) is 3.68. The Bertz CT molecular complexity index is 433. The van der Waals surface area contributed by atoms with Crippen LogP contribution in [-0.2, 0) is 9.47 Å². The molecule has 0 saturated carbocycles. The monoisotopic (exact) mass is 269 g/mol. The summed E-state index contributed by atoms with van der Waals surface area (Å²) in [4.78, 5) is 0. The number of methoxy groups -OCH3 is 1. The lowest BCUT2D eigenvalue weighted by atomic mass is 10.0. The molecule has 2 atom stereocenters. The molecule has 0 bridgehead atoms. The first-order valence-corrected chi connectivity index (χ1v) is 6.41. The predicted molar refractivity (Wildman–Crippen MR) is 69.7 cm³/mol. The number of halogens is 1. The highest BCUT2D eigenvalue weighted by Gasteiger charge is 2.35. The predicted octanol–water partition coefficient (Wildman–Crippen LogP) is 1.99. The van der Waals surface area contributed by atoms with Crippen LogP contribution in [0, 0.1) is 5.82 Å². The van der Waals surface area contributed by atoms with Gasteiger partial charge < -0.3 is 19.9 Å². The molecule has 1 saturated heterocycles. The van der Waals surface area contributed by atoms with Crippen LogP contribution in [0.25, 0.3) is 0 Å². The number of phenols is 1. The first kappa shape index (κ1) is 14.2. The van der Waals surface area contributed by atoms with Crippen LogP contribution in [0.5, 0.6) is 5.75 Å². The summed E-state index contributed by atoms with van der Waals surface area (Å²) < 4.78 is 24.6. The van der Waals surface area contributed by atoms with E-state index in [-0.39, 0.29) is 17.4 Å². The summed E-state index contributed by atoms with van der Waals surface area (Å²) >= 11 is 0. The van der Waals surface area contributed by atoms with E-state index in [1.165, 1.54) is 6.07 Å². The summed E-state index contributed by atoms with van der Waals surface area (Å²) in [7, 11) is 1.67. The lowest BCUT2D eigenvalue weighted by Gasteiger charge is -2.28. The third kappa shape index (κ3) is 3.23. The largest absolute Gasteiger partial charge is 0.508 e. The van der Waals surface area contributed by atoms with Crippen LogP contribution in [0.4, 0.5) is 4.39 Å². The van der Waals surface area contributed by atoms with E-state index in [2.05, 4.69) is 5.32 Å². The van der Waals surface area contributed by atoms with Crippen LogP contribution in [-0.4, -0.2) is 37.6 Å². The minimum Gasteiger partial charge on any atom is -0.508 e. The maximum Gasteiger partial charge on any atom is 0.131 e. The zero-order valence-corrected chi connectivity index (χ0v) is 11.3. The van der Waals surface area contributed by atoms with Crippen LogP contribution < -0.4 is 5.32 Å². The summed E-state index contributed by atoms with van der Waals surface area (Å²) in [6, 6.07) is 4.04. The van der Waals surface area contributed by atoms with E-state index in [1.807, 2.05) is 6.92 Å². The second-order valence-corrected chi connectivity index (χ2v) is 5.00. The number of hydrogen-bond donors (Lipinski definition) is 2. The minimum absolute atomic E-state index is 0.0639. The number of aromatic hydroxyl groups is 1. The van der Waals surface area contributed by atoms with Gasteiger partial charge in [0.1, 0.15) is 17.2 Å². The van der Waals surface area contributed by atoms with Crippen molar-refractivity contribution in [2.45, 2.75) is 25.0 Å². The molecule has 0 aromatic heterocycles. The van der Waals surface area contributed by atoms with Crippen molar-refractivity contribution in [1.82, 2.24) is 5.32 Å². The molecule has 1 heterocycles. The van der Waals surface area contributed by atoms with Crippen LogP contribution in [0.1, 0.15) is 24.9 Å². The van der Waals surface area contributed by atoms with E-state index in [1.54, 1.807) is 13.2 Å². The van der Waals surface area contributed by atoms with Gasteiger partial charge in [-0.3, -0.25) is 0 Å². The van der Waals surface area contributed by atoms with E-state index < -0.39 is 5.82 Å². The van der Waals surface area contributed by atoms with Gasteiger partial charge in [0.25, 0.3) is 0 Å². The molecule has 1 aromatic rings. The molecule has 2 unspecified atom stereocenters. The lowest BCUT2D eigenvalue weighted by molar-refractivity contribution is -0.0172. The Morgan fingerprint density at radius 1 is 1.58 bits per heavy atom. The third-order valence-corrected chi connectivity index (χ3v) is 3.68. The first-order chi connectivity index (χ1) is 9.06. The molecule has 106 valence electrons. The Morgan fingerprint density at radius 2 is 2.37 bits per heavy atom. The SMILES string of the molecule is COC1(CNC(C)c2ccc(O)cc2F)CCOC1. The molecular weight excluding hydrogens is 249 g/mol. The van der Waals surface area contributed by atoms with Crippen molar-refractivity contribution >= 4 is 0 Å². The molecule has 4 nitrogen and oxygen atoms in total. The van der Waals surface area contributed by atoms with Crippen molar-refractivity contribution in [3.05, 3.63) is 29.6 Å². The molecule has 1 aliphatic rings. The highest BCUT2D eigenvalue weighted by atomic mass is 19.1. The lowest BCUT2D eigenvalue weighted by Crippen LogP contribution is -2.43. The minimum atomic E-state index is -0.408. The maximum absolute atomic E-state index is 13.7. The normalized spacial score (nSPS) is 24.6. The Labute approximate surface area is 112 Å². The van der Waals surface area contributed by atoms with Gasteiger partial charge in [0.05, 0.1) is 6.61 Å². The maximum atomic E-state index is 13.7. The highest BCUT2D eigenvalue weighted by molar-refractivity contribution is 5.29. The number of phenolic OH excluding ortho intramolecular Hbond substituents is 1. The molecule has 1 aliphatic heterocycles. The number of ether oxygens (including phenoxy) is 2. The van der Waals surface area contributed by atoms with Crippen molar-refractivity contribution in [3.63, 3.8) is 0 Å². The average molecular weight is 269 g/mol. The molecular formula is C14H20FNO3. The molecule has 2 rings (SSSR count). The second kappa shape index (κ2) is 5.86. The molecule has 0 amide bonds. The van der Waals surface area contributed by atoms with Gasteiger partial charge in [-0.25, -0.2) is 4.39 Å². The van der Waals surface area contributed by atoms with E-state index in [9.17, 15) is 9.50 Å². The molecule has 0 radical (unpaired) electrons. The average Bonchev–Trinajstić information content (AvgIpc) is 2.85. The van der Waals surface area contributed by atoms with Gasteiger partial charge in [-0.15, -0.1) is 0 Å². The van der Waals surface area contributed by atoms with Gasteiger partial charge in [0.15, 0.2) is 0 Å². The van der Waals surface area contributed by atoms with E-state index in [0.29, 0.717) is 25.3 Å². The number of nitrogens with one attached hydrogen (secondary N) is 1. The van der Waals surface area contributed by atoms with Crippen LogP contribution in [0.3, 0.4) is 0 Å².